The molecule has 0 bridgehead atoms. The maximum Gasteiger partial charge on any atom is 0.123 e. The van der Waals surface area contributed by atoms with E-state index < -0.39 is 0 Å². The summed E-state index contributed by atoms with van der Waals surface area (Å²) in [6.45, 7) is 0.807. The predicted molar refractivity (Wildman–Crippen MR) is 39.7 cm³/mol. The Kier molecular flexibility index (Phi) is 1.62. The van der Waals surface area contributed by atoms with E-state index in [1.54, 1.807) is 6.07 Å². The normalized spacial score (nSPS) is 22.8. The average molecular weight is 152 g/mol. The van der Waals surface area contributed by atoms with Crippen LogP contribution in [0.25, 0.3) is 0 Å². The first-order valence-corrected chi connectivity index (χ1v) is 3.73. The summed E-state index contributed by atoms with van der Waals surface area (Å²) in [6.07, 6.45) is 1.16. The van der Waals surface area contributed by atoms with Crippen LogP contribution in [0.15, 0.2) is 24.3 Å². The minimum atomic E-state index is -0.182. The van der Waals surface area contributed by atoms with Gasteiger partial charge >= 0.3 is 0 Å². The SMILES string of the molecule is Fc1cccc(C2CCO2)c1. The highest BCUT2D eigenvalue weighted by atomic mass is 19.1. The molecule has 1 nitrogen and oxygen atoms in total. The van der Waals surface area contributed by atoms with E-state index in [-0.39, 0.29) is 11.9 Å². The van der Waals surface area contributed by atoms with E-state index in [0.717, 1.165) is 18.6 Å². The number of benzene rings is 1. The topological polar surface area (TPSA) is 9.23 Å². The van der Waals surface area contributed by atoms with Crippen LogP contribution < -0.4 is 0 Å². The zero-order valence-electron chi connectivity index (χ0n) is 6.09. The van der Waals surface area contributed by atoms with Crippen molar-refractivity contribution in [2.75, 3.05) is 6.61 Å². The fraction of sp³-hybridized carbons (Fsp3) is 0.333. The molecule has 2 heteroatoms. The molecule has 1 aliphatic heterocycles. The molecule has 58 valence electrons. The van der Waals surface area contributed by atoms with Crippen molar-refractivity contribution < 1.29 is 9.13 Å². The molecule has 11 heavy (non-hydrogen) atoms. The van der Waals surface area contributed by atoms with Crippen molar-refractivity contribution in [3.63, 3.8) is 0 Å². The third-order valence-electron chi connectivity index (χ3n) is 1.92. The lowest BCUT2D eigenvalue weighted by Crippen LogP contribution is -2.18. The zero-order valence-corrected chi connectivity index (χ0v) is 6.09. The lowest BCUT2D eigenvalue weighted by Gasteiger charge is -2.26. The van der Waals surface area contributed by atoms with E-state index in [1.807, 2.05) is 6.07 Å². The van der Waals surface area contributed by atoms with Gasteiger partial charge in [-0.15, -0.1) is 0 Å². The van der Waals surface area contributed by atoms with Crippen molar-refractivity contribution in [1.82, 2.24) is 0 Å². The second kappa shape index (κ2) is 2.62. The second-order valence-corrected chi connectivity index (χ2v) is 2.70. The van der Waals surface area contributed by atoms with Crippen molar-refractivity contribution in [2.24, 2.45) is 0 Å². The molecule has 0 aliphatic carbocycles. The van der Waals surface area contributed by atoms with Crippen molar-refractivity contribution in [1.29, 1.82) is 0 Å². The van der Waals surface area contributed by atoms with Crippen LogP contribution in [0.5, 0.6) is 0 Å². The maximum absolute atomic E-state index is 12.6. The highest BCUT2D eigenvalue weighted by molar-refractivity contribution is 5.19. The number of rotatable bonds is 1. The quantitative estimate of drug-likeness (QED) is 0.599. The zero-order chi connectivity index (χ0) is 7.68. The van der Waals surface area contributed by atoms with E-state index in [4.69, 9.17) is 4.74 Å². The molecule has 1 unspecified atom stereocenters. The highest BCUT2D eigenvalue weighted by Gasteiger charge is 2.19. The van der Waals surface area contributed by atoms with E-state index in [1.165, 1.54) is 12.1 Å². The van der Waals surface area contributed by atoms with Gasteiger partial charge in [-0.2, -0.15) is 0 Å². The van der Waals surface area contributed by atoms with Crippen molar-refractivity contribution in [3.8, 4) is 0 Å². The Morgan fingerprint density at radius 3 is 2.82 bits per heavy atom. The molecule has 1 heterocycles. The molecule has 2 rings (SSSR count). The van der Waals surface area contributed by atoms with Crippen LogP contribution in [-0.2, 0) is 4.74 Å². The number of hydrogen-bond donors (Lipinski definition) is 0. The summed E-state index contributed by atoms with van der Waals surface area (Å²) in [5.41, 5.74) is 0.955. The first-order chi connectivity index (χ1) is 5.36. The van der Waals surface area contributed by atoms with Gasteiger partial charge in [0.2, 0.25) is 0 Å². The molecular formula is C9H9FO. The Labute approximate surface area is 64.8 Å². The Hall–Kier alpha value is -0.890. The van der Waals surface area contributed by atoms with Crippen LogP contribution >= 0.6 is 0 Å². The van der Waals surface area contributed by atoms with Crippen molar-refractivity contribution in [2.45, 2.75) is 12.5 Å². The minimum Gasteiger partial charge on any atom is -0.373 e. The third-order valence-corrected chi connectivity index (χ3v) is 1.92. The van der Waals surface area contributed by atoms with Crippen molar-refractivity contribution in [3.05, 3.63) is 35.6 Å². The lowest BCUT2D eigenvalue weighted by molar-refractivity contribution is -0.0528. The summed E-state index contributed by atoms with van der Waals surface area (Å²) in [5, 5.41) is 0. The van der Waals surface area contributed by atoms with E-state index >= 15 is 0 Å². The standard InChI is InChI=1S/C9H9FO/c10-8-3-1-2-7(6-8)9-4-5-11-9/h1-3,6,9H,4-5H2. The van der Waals surface area contributed by atoms with Crippen LogP contribution in [0, 0.1) is 5.82 Å². The third kappa shape index (κ3) is 1.26. The molecule has 1 aromatic rings. The second-order valence-electron chi connectivity index (χ2n) is 2.70. The van der Waals surface area contributed by atoms with Crippen LogP contribution in [0.3, 0.4) is 0 Å². The molecule has 0 saturated carbocycles. The van der Waals surface area contributed by atoms with Crippen LogP contribution in [0.2, 0.25) is 0 Å². The molecule has 1 atom stereocenters. The Bertz CT molecular complexity index is 255. The maximum atomic E-state index is 12.6. The molecule has 1 aliphatic rings. The molecule has 1 fully saturated rings. The Morgan fingerprint density at radius 1 is 1.45 bits per heavy atom. The first-order valence-electron chi connectivity index (χ1n) is 3.73. The van der Waals surface area contributed by atoms with Crippen LogP contribution in [0.1, 0.15) is 18.1 Å². The summed E-state index contributed by atoms with van der Waals surface area (Å²) < 4.78 is 17.8. The molecule has 0 amide bonds. The van der Waals surface area contributed by atoms with Gasteiger partial charge in [-0.25, -0.2) is 4.39 Å². The van der Waals surface area contributed by atoms with Gasteiger partial charge in [-0.1, -0.05) is 12.1 Å². The van der Waals surface area contributed by atoms with Crippen molar-refractivity contribution >= 4 is 0 Å². The smallest absolute Gasteiger partial charge is 0.123 e. The Balaban J connectivity index is 2.23. The van der Waals surface area contributed by atoms with E-state index in [2.05, 4.69) is 0 Å². The number of halogens is 1. The van der Waals surface area contributed by atoms with Gasteiger partial charge in [0.25, 0.3) is 0 Å². The summed E-state index contributed by atoms with van der Waals surface area (Å²) >= 11 is 0. The molecular weight excluding hydrogens is 143 g/mol. The molecule has 1 aromatic carbocycles. The van der Waals surface area contributed by atoms with Gasteiger partial charge in [-0.05, 0) is 17.7 Å². The molecule has 0 aromatic heterocycles. The summed E-state index contributed by atoms with van der Waals surface area (Å²) in [7, 11) is 0. The largest absolute Gasteiger partial charge is 0.373 e. The fourth-order valence-corrected chi connectivity index (χ4v) is 1.21. The highest BCUT2D eigenvalue weighted by Crippen LogP contribution is 2.28. The molecule has 1 saturated heterocycles. The van der Waals surface area contributed by atoms with Gasteiger partial charge in [0.1, 0.15) is 5.82 Å². The van der Waals surface area contributed by atoms with Gasteiger partial charge in [0.05, 0.1) is 12.7 Å². The van der Waals surface area contributed by atoms with Gasteiger partial charge in [-0.3, -0.25) is 0 Å². The molecule has 0 N–H and O–H groups in total. The van der Waals surface area contributed by atoms with E-state index in [9.17, 15) is 4.39 Å². The van der Waals surface area contributed by atoms with Crippen LogP contribution in [0.4, 0.5) is 4.39 Å². The molecule has 0 radical (unpaired) electrons. The lowest BCUT2D eigenvalue weighted by atomic mass is 10.0. The van der Waals surface area contributed by atoms with Gasteiger partial charge in [0, 0.05) is 6.42 Å². The van der Waals surface area contributed by atoms with E-state index in [0.29, 0.717) is 0 Å². The van der Waals surface area contributed by atoms with Gasteiger partial charge in [0.15, 0.2) is 0 Å². The Morgan fingerprint density at radius 2 is 2.27 bits per heavy atom. The summed E-state index contributed by atoms with van der Waals surface area (Å²) in [5.74, 6) is -0.182. The van der Waals surface area contributed by atoms with Crippen LogP contribution in [-0.4, -0.2) is 6.61 Å². The number of hydrogen-bond acceptors (Lipinski definition) is 1. The fourth-order valence-electron chi connectivity index (χ4n) is 1.21. The predicted octanol–water partition coefficient (Wildman–Crippen LogP) is 2.29. The number of ether oxygens (including phenoxy) is 1. The minimum absolute atomic E-state index is 0.144. The monoisotopic (exact) mass is 152 g/mol. The van der Waals surface area contributed by atoms with Gasteiger partial charge < -0.3 is 4.74 Å². The summed E-state index contributed by atoms with van der Waals surface area (Å²) in [4.78, 5) is 0. The summed E-state index contributed by atoms with van der Waals surface area (Å²) in [6, 6.07) is 6.59. The molecule has 0 spiro atoms. The average Bonchev–Trinajstić information content (AvgIpc) is 1.83. The first kappa shape index (κ1) is 6.80.